The Morgan fingerprint density at radius 1 is 1.12 bits per heavy atom. The standard InChI is InChI=1S/C23H35NO8/c1-14(25)31-12-10-8-6-4-2-3-5-7-9-11-16(26)24-15-13-23(30)21(29)17(18(15)27)19(28)20-22(23)32-20/h9,11,15,17-20,22,27-28,30H,2-8,10,12-13H2,1H3,(H,24,26)/b11-9+/t15-,17-,18-,19-,20-,22-,23+/m0/s1. The third kappa shape index (κ3) is 5.75. The smallest absolute Gasteiger partial charge is 0.302 e. The number of nitrogens with one attached hydrogen (secondary N) is 1. The average Bonchev–Trinajstić information content (AvgIpc) is 3.54. The Labute approximate surface area is 188 Å². The van der Waals surface area contributed by atoms with Gasteiger partial charge < -0.3 is 30.1 Å². The summed E-state index contributed by atoms with van der Waals surface area (Å²) >= 11 is 0. The van der Waals surface area contributed by atoms with E-state index in [9.17, 15) is 29.7 Å². The van der Waals surface area contributed by atoms with E-state index in [2.05, 4.69) is 5.32 Å². The second-order valence-electron chi connectivity index (χ2n) is 9.14. The van der Waals surface area contributed by atoms with Crippen LogP contribution < -0.4 is 5.32 Å². The van der Waals surface area contributed by atoms with Gasteiger partial charge in [-0.15, -0.1) is 0 Å². The van der Waals surface area contributed by atoms with Crippen molar-refractivity contribution in [1.29, 1.82) is 0 Å². The van der Waals surface area contributed by atoms with Gasteiger partial charge in [0.15, 0.2) is 11.4 Å². The van der Waals surface area contributed by atoms with E-state index < -0.39 is 53.7 Å². The van der Waals surface area contributed by atoms with Crippen molar-refractivity contribution in [1.82, 2.24) is 5.32 Å². The number of ether oxygens (including phenoxy) is 2. The molecule has 3 rings (SSSR count). The number of hydrogen-bond acceptors (Lipinski definition) is 8. The molecular formula is C23H35NO8. The number of carbonyl (C=O) groups is 3. The molecule has 9 heteroatoms. The highest BCUT2D eigenvalue weighted by Crippen LogP contribution is 2.50. The maximum atomic E-state index is 12.4. The zero-order valence-electron chi connectivity index (χ0n) is 18.6. The highest BCUT2D eigenvalue weighted by molar-refractivity contribution is 5.95. The summed E-state index contributed by atoms with van der Waals surface area (Å²) in [6.45, 7) is 1.91. The van der Waals surface area contributed by atoms with Gasteiger partial charge in [0.1, 0.15) is 12.2 Å². The number of ketones is 1. The fraction of sp³-hybridized carbons (Fsp3) is 0.783. The predicted molar refractivity (Wildman–Crippen MR) is 113 cm³/mol. The predicted octanol–water partition coefficient (Wildman–Crippen LogP) is 0.534. The third-order valence-corrected chi connectivity index (χ3v) is 6.66. The summed E-state index contributed by atoms with van der Waals surface area (Å²) < 4.78 is 10.1. The molecule has 7 atom stereocenters. The molecular weight excluding hydrogens is 418 g/mol. The van der Waals surface area contributed by atoms with Crippen LogP contribution in [0.15, 0.2) is 12.2 Å². The number of epoxide rings is 1. The van der Waals surface area contributed by atoms with Crippen LogP contribution in [0.2, 0.25) is 0 Å². The van der Waals surface area contributed by atoms with Crippen LogP contribution in [0.3, 0.4) is 0 Å². The first-order valence-electron chi connectivity index (χ1n) is 11.6. The second kappa shape index (κ2) is 10.9. The second-order valence-corrected chi connectivity index (χ2v) is 9.14. The van der Waals surface area contributed by atoms with Crippen molar-refractivity contribution in [2.24, 2.45) is 5.92 Å². The molecule has 3 aliphatic rings. The molecule has 32 heavy (non-hydrogen) atoms. The first kappa shape index (κ1) is 24.8. The fourth-order valence-electron chi connectivity index (χ4n) is 4.86. The van der Waals surface area contributed by atoms with E-state index in [1.54, 1.807) is 6.08 Å². The zero-order chi connectivity index (χ0) is 23.3. The normalized spacial score (nSPS) is 35.4. The SMILES string of the molecule is CC(=O)OCCCCCCCCC/C=C/C(=O)N[C@H]1C[C@@]2(O)C(=O)[C@H]([C@H](O)[C@@H]3O[C@@H]32)[C@H]1O. The number of aliphatic hydroxyl groups is 3. The molecule has 2 bridgehead atoms. The van der Waals surface area contributed by atoms with Gasteiger partial charge in [0, 0.05) is 13.3 Å². The molecule has 0 aromatic carbocycles. The highest BCUT2D eigenvalue weighted by Gasteiger charge is 2.72. The Bertz CT molecular complexity index is 725. The van der Waals surface area contributed by atoms with Crippen LogP contribution in [0.4, 0.5) is 0 Å². The molecule has 2 aliphatic carbocycles. The number of esters is 1. The molecule has 1 aliphatic heterocycles. The van der Waals surface area contributed by atoms with Crippen LogP contribution in [0.25, 0.3) is 0 Å². The van der Waals surface area contributed by atoms with Crippen LogP contribution in [-0.4, -0.2) is 75.6 Å². The van der Waals surface area contributed by atoms with Crippen molar-refractivity contribution < 1.29 is 39.2 Å². The molecule has 1 saturated heterocycles. The molecule has 2 saturated carbocycles. The molecule has 0 unspecified atom stereocenters. The number of fused-ring (bicyclic) bond motifs is 4. The molecule has 4 N–H and O–H groups in total. The van der Waals surface area contributed by atoms with Crippen molar-refractivity contribution in [3.8, 4) is 0 Å². The monoisotopic (exact) mass is 453 g/mol. The summed E-state index contributed by atoms with van der Waals surface area (Å²) in [6.07, 6.45) is 7.30. The number of amides is 1. The Hall–Kier alpha value is -1.81. The van der Waals surface area contributed by atoms with Gasteiger partial charge in [-0.2, -0.15) is 0 Å². The Morgan fingerprint density at radius 3 is 2.47 bits per heavy atom. The molecule has 0 radical (unpaired) electrons. The number of hydrogen-bond donors (Lipinski definition) is 4. The van der Waals surface area contributed by atoms with Crippen molar-refractivity contribution in [2.75, 3.05) is 6.61 Å². The lowest BCUT2D eigenvalue weighted by Crippen LogP contribution is -2.69. The van der Waals surface area contributed by atoms with Crippen molar-refractivity contribution in [3.05, 3.63) is 12.2 Å². The third-order valence-electron chi connectivity index (χ3n) is 6.66. The summed E-state index contributed by atoms with van der Waals surface area (Å²) in [5, 5.41) is 34.1. The first-order chi connectivity index (χ1) is 15.3. The molecule has 1 heterocycles. The van der Waals surface area contributed by atoms with E-state index >= 15 is 0 Å². The number of unbranched alkanes of at least 4 members (excludes halogenated alkanes) is 7. The number of allylic oxidation sites excluding steroid dienone is 1. The van der Waals surface area contributed by atoms with E-state index in [-0.39, 0.29) is 12.4 Å². The zero-order valence-corrected chi connectivity index (χ0v) is 18.6. The fourth-order valence-corrected chi connectivity index (χ4v) is 4.86. The van der Waals surface area contributed by atoms with E-state index in [0.717, 1.165) is 51.4 Å². The lowest BCUT2D eigenvalue weighted by atomic mass is 9.64. The van der Waals surface area contributed by atoms with Crippen molar-refractivity contribution in [2.45, 2.75) is 101 Å². The van der Waals surface area contributed by atoms with Gasteiger partial charge in [0.2, 0.25) is 5.91 Å². The number of rotatable bonds is 12. The summed E-state index contributed by atoms with van der Waals surface area (Å²) in [5.74, 6) is -2.41. The molecule has 180 valence electrons. The molecule has 9 nitrogen and oxygen atoms in total. The molecule has 0 spiro atoms. The minimum absolute atomic E-state index is 0.127. The van der Waals surface area contributed by atoms with Crippen molar-refractivity contribution in [3.63, 3.8) is 0 Å². The van der Waals surface area contributed by atoms with Gasteiger partial charge >= 0.3 is 5.97 Å². The van der Waals surface area contributed by atoms with Gasteiger partial charge in [-0.05, 0) is 25.3 Å². The van der Waals surface area contributed by atoms with E-state index in [4.69, 9.17) is 9.47 Å². The minimum atomic E-state index is -1.77. The quantitative estimate of drug-likeness (QED) is 0.145. The van der Waals surface area contributed by atoms with Crippen molar-refractivity contribution >= 4 is 17.7 Å². The summed E-state index contributed by atoms with van der Waals surface area (Å²) in [5.41, 5.74) is -1.77. The summed E-state index contributed by atoms with van der Waals surface area (Å²) in [4.78, 5) is 35.3. The maximum absolute atomic E-state index is 12.4. The van der Waals surface area contributed by atoms with E-state index in [0.29, 0.717) is 6.61 Å². The number of Topliss-reactive ketones (excluding diaryl/α,β-unsaturated/α-hetero) is 1. The molecule has 1 amide bonds. The van der Waals surface area contributed by atoms with Gasteiger partial charge in [0.25, 0.3) is 0 Å². The van der Waals surface area contributed by atoms with Gasteiger partial charge in [0.05, 0.1) is 30.8 Å². The van der Waals surface area contributed by atoms with E-state index in [1.165, 1.54) is 13.0 Å². The largest absolute Gasteiger partial charge is 0.466 e. The Kier molecular flexibility index (Phi) is 8.43. The molecule has 0 aromatic rings. The van der Waals surface area contributed by atoms with Crippen LogP contribution in [0.1, 0.15) is 64.7 Å². The summed E-state index contributed by atoms with van der Waals surface area (Å²) in [7, 11) is 0. The average molecular weight is 454 g/mol. The Balaban J connectivity index is 1.29. The van der Waals surface area contributed by atoms with Crippen LogP contribution >= 0.6 is 0 Å². The topological polar surface area (TPSA) is 146 Å². The summed E-state index contributed by atoms with van der Waals surface area (Å²) in [6, 6.07) is -0.833. The molecule has 0 aromatic heterocycles. The number of carbonyl (C=O) groups excluding carboxylic acids is 3. The van der Waals surface area contributed by atoms with Crippen LogP contribution in [0, 0.1) is 5.92 Å². The van der Waals surface area contributed by atoms with Gasteiger partial charge in [-0.3, -0.25) is 14.4 Å². The number of aliphatic hydroxyl groups excluding tert-OH is 2. The van der Waals surface area contributed by atoms with Crippen LogP contribution in [0.5, 0.6) is 0 Å². The molecule has 3 fully saturated rings. The maximum Gasteiger partial charge on any atom is 0.302 e. The van der Waals surface area contributed by atoms with E-state index in [1.807, 2.05) is 0 Å². The lowest BCUT2D eigenvalue weighted by molar-refractivity contribution is -0.171. The minimum Gasteiger partial charge on any atom is -0.466 e. The van der Waals surface area contributed by atoms with Gasteiger partial charge in [-0.25, -0.2) is 0 Å². The lowest BCUT2D eigenvalue weighted by Gasteiger charge is -2.46. The highest BCUT2D eigenvalue weighted by atomic mass is 16.6. The Morgan fingerprint density at radius 2 is 1.78 bits per heavy atom. The first-order valence-corrected chi connectivity index (χ1v) is 11.6. The van der Waals surface area contributed by atoms with Crippen LogP contribution in [-0.2, 0) is 23.9 Å². The van der Waals surface area contributed by atoms with Gasteiger partial charge in [-0.1, -0.05) is 38.2 Å².